The lowest BCUT2D eigenvalue weighted by Crippen LogP contribution is -2.21. The maximum Gasteiger partial charge on any atom is 0.508 e. The molecule has 0 aromatic heterocycles. The smallest absolute Gasteiger partial charge is 0.466 e. The molecule has 5 nitrogen and oxygen atoms in total. The van der Waals surface area contributed by atoms with Gasteiger partial charge in [0.2, 0.25) is 0 Å². The molecule has 0 radical (unpaired) electrons. The molecule has 2 atom stereocenters. The van der Waals surface area contributed by atoms with Gasteiger partial charge in [-0.1, -0.05) is 75.1 Å². The van der Waals surface area contributed by atoms with Crippen LogP contribution in [0.15, 0.2) is 42.0 Å². The number of hydrogen-bond acceptors (Lipinski definition) is 5. The van der Waals surface area contributed by atoms with E-state index in [1.54, 1.807) is 0 Å². The summed E-state index contributed by atoms with van der Waals surface area (Å²) in [6.07, 6.45) is 10.8. The number of carbonyl (C=O) groups is 2. The summed E-state index contributed by atoms with van der Waals surface area (Å²) >= 11 is 0. The molecule has 0 aliphatic heterocycles. The highest BCUT2D eigenvalue weighted by molar-refractivity contribution is 5.69. The van der Waals surface area contributed by atoms with Crippen molar-refractivity contribution in [1.82, 2.24) is 0 Å². The van der Waals surface area contributed by atoms with Crippen molar-refractivity contribution in [3.05, 3.63) is 47.5 Å². The Morgan fingerprint density at radius 2 is 1.68 bits per heavy atom. The zero-order valence-electron chi connectivity index (χ0n) is 21.9. The lowest BCUT2D eigenvalue weighted by Gasteiger charge is -2.18. The summed E-state index contributed by atoms with van der Waals surface area (Å²) in [5, 5.41) is 0. The van der Waals surface area contributed by atoms with Gasteiger partial charge in [-0.05, 0) is 63.9 Å². The van der Waals surface area contributed by atoms with E-state index in [1.165, 1.54) is 5.57 Å². The molecule has 1 rings (SSSR count). The summed E-state index contributed by atoms with van der Waals surface area (Å²) in [5.74, 6) is 0.291. The van der Waals surface area contributed by atoms with Gasteiger partial charge in [-0.3, -0.25) is 4.79 Å². The third kappa shape index (κ3) is 16.3. The zero-order chi connectivity index (χ0) is 25.0. The summed E-state index contributed by atoms with van der Waals surface area (Å²) in [6, 6.07) is 9.88. The van der Waals surface area contributed by atoms with Crippen LogP contribution in [-0.2, 0) is 25.4 Å². The standard InChI is InChI=1S/C29H46O5/c1-5-6-7-11-17-27(34-29(31)33-23-21-26-15-9-8-10-16-26)18-19-28(30)32-22-20-25(4)14-12-13-24(2)3/h8-10,13,15-16,25,27H,5-7,11-12,14,17-23H2,1-4H3. The molecule has 1 aromatic carbocycles. The highest BCUT2D eigenvalue weighted by Gasteiger charge is 2.18. The summed E-state index contributed by atoms with van der Waals surface area (Å²) in [4.78, 5) is 24.4. The maximum absolute atomic E-state index is 12.2. The minimum absolute atomic E-state index is 0.226. The van der Waals surface area contributed by atoms with Crippen molar-refractivity contribution < 1.29 is 23.8 Å². The highest BCUT2D eigenvalue weighted by Crippen LogP contribution is 2.16. The number of hydrogen-bond donors (Lipinski definition) is 0. The largest absolute Gasteiger partial charge is 0.508 e. The minimum Gasteiger partial charge on any atom is -0.466 e. The quantitative estimate of drug-likeness (QED) is 0.123. The summed E-state index contributed by atoms with van der Waals surface area (Å²) in [5.41, 5.74) is 2.45. The topological polar surface area (TPSA) is 61.8 Å². The van der Waals surface area contributed by atoms with Crippen LogP contribution >= 0.6 is 0 Å². The van der Waals surface area contributed by atoms with E-state index in [9.17, 15) is 9.59 Å². The van der Waals surface area contributed by atoms with Crippen LogP contribution in [0.2, 0.25) is 0 Å². The molecule has 0 amide bonds. The van der Waals surface area contributed by atoms with Gasteiger partial charge in [0.15, 0.2) is 0 Å². The van der Waals surface area contributed by atoms with Crippen LogP contribution in [0, 0.1) is 5.92 Å². The fourth-order valence-corrected chi connectivity index (χ4v) is 3.65. The Morgan fingerprint density at radius 3 is 2.38 bits per heavy atom. The molecular weight excluding hydrogens is 428 g/mol. The van der Waals surface area contributed by atoms with Gasteiger partial charge < -0.3 is 14.2 Å². The molecule has 2 unspecified atom stereocenters. The van der Waals surface area contributed by atoms with Crippen LogP contribution in [0.1, 0.15) is 97.5 Å². The van der Waals surface area contributed by atoms with Crippen molar-refractivity contribution in [2.75, 3.05) is 13.2 Å². The normalized spacial score (nSPS) is 12.5. The Balaban J connectivity index is 2.33. The SMILES string of the molecule is CCCCCCC(CCC(=O)OCCC(C)CCC=C(C)C)OC(=O)OCCc1ccccc1. The van der Waals surface area contributed by atoms with Crippen molar-refractivity contribution in [3.63, 3.8) is 0 Å². The van der Waals surface area contributed by atoms with Gasteiger partial charge in [-0.25, -0.2) is 4.79 Å². The first-order valence-corrected chi connectivity index (χ1v) is 13.1. The van der Waals surface area contributed by atoms with E-state index in [0.29, 0.717) is 25.4 Å². The Labute approximate surface area is 207 Å². The van der Waals surface area contributed by atoms with E-state index in [4.69, 9.17) is 14.2 Å². The van der Waals surface area contributed by atoms with Gasteiger partial charge in [-0.15, -0.1) is 0 Å². The van der Waals surface area contributed by atoms with Crippen molar-refractivity contribution in [3.8, 4) is 0 Å². The van der Waals surface area contributed by atoms with E-state index in [-0.39, 0.29) is 25.1 Å². The fourth-order valence-electron chi connectivity index (χ4n) is 3.65. The number of allylic oxidation sites excluding steroid dienone is 2. The second kappa shape index (κ2) is 19.1. The molecule has 1 aromatic rings. The lowest BCUT2D eigenvalue weighted by atomic mass is 10.0. The van der Waals surface area contributed by atoms with Crippen molar-refractivity contribution in [2.45, 2.75) is 104 Å². The van der Waals surface area contributed by atoms with E-state index in [2.05, 4.69) is 33.8 Å². The second-order valence-electron chi connectivity index (χ2n) is 9.44. The molecule has 0 aliphatic carbocycles. The van der Waals surface area contributed by atoms with Gasteiger partial charge in [0.25, 0.3) is 0 Å². The van der Waals surface area contributed by atoms with Crippen LogP contribution in [0.25, 0.3) is 0 Å². The van der Waals surface area contributed by atoms with Crippen LogP contribution in [0.5, 0.6) is 0 Å². The van der Waals surface area contributed by atoms with Gasteiger partial charge in [0.05, 0.1) is 13.2 Å². The molecular formula is C29H46O5. The summed E-state index contributed by atoms with van der Waals surface area (Å²) in [6.45, 7) is 9.29. The second-order valence-corrected chi connectivity index (χ2v) is 9.44. The van der Waals surface area contributed by atoms with Gasteiger partial charge in [0.1, 0.15) is 6.10 Å². The Morgan fingerprint density at radius 1 is 0.912 bits per heavy atom. The molecule has 34 heavy (non-hydrogen) atoms. The first-order valence-electron chi connectivity index (χ1n) is 13.1. The highest BCUT2D eigenvalue weighted by atomic mass is 16.7. The first-order chi connectivity index (χ1) is 16.4. The monoisotopic (exact) mass is 474 g/mol. The molecule has 0 aliphatic rings. The van der Waals surface area contributed by atoms with Crippen molar-refractivity contribution in [2.24, 2.45) is 5.92 Å². The zero-order valence-corrected chi connectivity index (χ0v) is 21.9. The Bertz CT molecular complexity index is 694. The minimum atomic E-state index is -0.657. The number of ether oxygens (including phenoxy) is 3. The third-order valence-electron chi connectivity index (χ3n) is 5.85. The van der Waals surface area contributed by atoms with Crippen LogP contribution < -0.4 is 0 Å². The summed E-state index contributed by atoms with van der Waals surface area (Å²) in [7, 11) is 0. The van der Waals surface area contributed by atoms with Crippen molar-refractivity contribution >= 4 is 12.1 Å². The van der Waals surface area contributed by atoms with E-state index >= 15 is 0 Å². The van der Waals surface area contributed by atoms with Crippen molar-refractivity contribution in [1.29, 1.82) is 0 Å². The molecule has 0 heterocycles. The number of benzene rings is 1. The van der Waals surface area contributed by atoms with E-state index in [1.807, 2.05) is 30.3 Å². The first kappa shape index (κ1) is 29.7. The third-order valence-corrected chi connectivity index (χ3v) is 5.85. The van der Waals surface area contributed by atoms with E-state index in [0.717, 1.165) is 56.9 Å². The molecule has 0 saturated carbocycles. The molecule has 0 bridgehead atoms. The lowest BCUT2D eigenvalue weighted by molar-refractivity contribution is -0.144. The molecule has 0 spiro atoms. The average molecular weight is 475 g/mol. The fraction of sp³-hybridized carbons (Fsp3) is 0.655. The van der Waals surface area contributed by atoms with Gasteiger partial charge >= 0.3 is 12.1 Å². The number of rotatable bonds is 18. The maximum atomic E-state index is 12.2. The Hall–Kier alpha value is -2.30. The van der Waals surface area contributed by atoms with E-state index < -0.39 is 6.16 Å². The average Bonchev–Trinajstić information content (AvgIpc) is 2.80. The molecule has 0 saturated heterocycles. The predicted octanol–water partition coefficient (Wildman–Crippen LogP) is 7.82. The van der Waals surface area contributed by atoms with Crippen LogP contribution in [0.4, 0.5) is 4.79 Å². The number of carbonyl (C=O) groups excluding carboxylic acids is 2. The molecule has 192 valence electrons. The predicted molar refractivity (Wildman–Crippen MR) is 138 cm³/mol. The number of unbranched alkanes of at least 4 members (excludes halogenated alkanes) is 3. The Kier molecular flexibility index (Phi) is 16.7. The summed E-state index contributed by atoms with van der Waals surface area (Å²) < 4.78 is 16.2. The van der Waals surface area contributed by atoms with Gasteiger partial charge in [-0.2, -0.15) is 0 Å². The van der Waals surface area contributed by atoms with Crippen LogP contribution in [-0.4, -0.2) is 31.4 Å². The van der Waals surface area contributed by atoms with Crippen LogP contribution in [0.3, 0.4) is 0 Å². The van der Waals surface area contributed by atoms with Gasteiger partial charge in [0, 0.05) is 12.8 Å². The molecule has 0 fully saturated rings. The number of esters is 1. The molecule has 0 N–H and O–H groups in total. The molecule has 5 heteroatoms.